The molecule has 0 saturated heterocycles. The lowest BCUT2D eigenvalue weighted by Crippen LogP contribution is -2.36. The van der Waals surface area contributed by atoms with E-state index in [1.54, 1.807) is 23.1 Å². The number of amides is 1. The van der Waals surface area contributed by atoms with Crippen molar-refractivity contribution in [1.82, 2.24) is 14.9 Å². The molecule has 198 valence electrons. The Morgan fingerprint density at radius 3 is 2.63 bits per heavy atom. The van der Waals surface area contributed by atoms with E-state index in [4.69, 9.17) is 4.98 Å². The van der Waals surface area contributed by atoms with Crippen molar-refractivity contribution >= 4 is 21.8 Å². The standard InChI is InChI=1S/C31H34BrN3O3/c32-24-12-5-10-22(18-24)27(36)29(38)35-16-6-13-26-25(19-35)28(37)34-30(33-26)31(14-15-31)23-11-4-9-21(17-23)20-7-2-1-3-8-20/h4-5,9-12,17-18,20,27,36H,1-3,6-8,13-16,19H2,(H,33,34,37). The fourth-order valence-corrected chi connectivity index (χ4v) is 6.76. The summed E-state index contributed by atoms with van der Waals surface area (Å²) >= 11 is 3.40. The first-order valence-electron chi connectivity index (χ1n) is 13.9. The number of rotatable bonds is 5. The third kappa shape index (κ3) is 4.87. The van der Waals surface area contributed by atoms with Crippen molar-refractivity contribution in [2.75, 3.05) is 6.54 Å². The van der Waals surface area contributed by atoms with Gasteiger partial charge in [-0.15, -0.1) is 0 Å². The Labute approximate surface area is 231 Å². The van der Waals surface area contributed by atoms with E-state index in [0.29, 0.717) is 36.4 Å². The van der Waals surface area contributed by atoms with Crippen LogP contribution in [-0.4, -0.2) is 32.4 Å². The average molecular weight is 577 g/mol. The molecule has 1 aliphatic heterocycles. The molecule has 0 radical (unpaired) electrons. The van der Waals surface area contributed by atoms with Crippen LogP contribution >= 0.6 is 15.9 Å². The van der Waals surface area contributed by atoms with Crippen LogP contribution in [0.15, 0.2) is 57.8 Å². The SMILES string of the molecule is O=C(C(O)c1cccc(Br)c1)N1CCCc2nc(C3(c4cccc(C5CCCCC5)c4)CC3)[nH]c(=O)c2C1. The normalized spacial score (nSPS) is 19.9. The van der Waals surface area contributed by atoms with Crippen LogP contribution in [-0.2, 0) is 23.2 Å². The zero-order chi connectivity index (χ0) is 26.3. The number of aliphatic hydroxyl groups is 1. The van der Waals surface area contributed by atoms with Crippen molar-refractivity contribution in [3.8, 4) is 0 Å². The number of hydrogen-bond donors (Lipinski definition) is 2. The number of fused-ring (bicyclic) bond motifs is 1. The number of hydrogen-bond acceptors (Lipinski definition) is 4. The number of H-pyrrole nitrogens is 1. The molecule has 3 aliphatic rings. The number of carbonyl (C=O) groups is 1. The molecule has 1 atom stereocenters. The molecule has 1 unspecified atom stereocenters. The lowest BCUT2D eigenvalue weighted by Gasteiger charge is -2.24. The van der Waals surface area contributed by atoms with Crippen LogP contribution < -0.4 is 5.56 Å². The molecule has 38 heavy (non-hydrogen) atoms. The summed E-state index contributed by atoms with van der Waals surface area (Å²) in [5.74, 6) is 1.00. The van der Waals surface area contributed by atoms with Crippen LogP contribution in [0.1, 0.15) is 97.2 Å². The van der Waals surface area contributed by atoms with E-state index in [1.165, 1.54) is 43.2 Å². The molecule has 1 amide bonds. The Morgan fingerprint density at radius 1 is 1.08 bits per heavy atom. The Kier molecular flexibility index (Phi) is 6.99. The Bertz CT molecular complexity index is 1410. The van der Waals surface area contributed by atoms with Gasteiger partial charge in [-0.3, -0.25) is 9.59 Å². The lowest BCUT2D eigenvalue weighted by atomic mass is 9.82. The third-order valence-electron chi connectivity index (χ3n) is 8.72. The number of halogens is 1. The van der Waals surface area contributed by atoms with Gasteiger partial charge < -0.3 is 15.0 Å². The van der Waals surface area contributed by atoms with Crippen molar-refractivity contribution in [2.45, 2.75) is 81.8 Å². The quantitative estimate of drug-likeness (QED) is 0.410. The molecule has 6 rings (SSSR count). The van der Waals surface area contributed by atoms with Crippen LogP contribution in [0.3, 0.4) is 0 Å². The van der Waals surface area contributed by atoms with Crippen molar-refractivity contribution in [1.29, 1.82) is 0 Å². The number of nitrogens with zero attached hydrogens (tertiary/aromatic N) is 2. The van der Waals surface area contributed by atoms with Crippen LogP contribution in [0.4, 0.5) is 0 Å². The van der Waals surface area contributed by atoms with Gasteiger partial charge in [-0.05, 0) is 73.3 Å². The molecule has 6 nitrogen and oxygen atoms in total. The van der Waals surface area contributed by atoms with Crippen LogP contribution in [0.25, 0.3) is 0 Å². The molecule has 2 fully saturated rings. The van der Waals surface area contributed by atoms with Gasteiger partial charge in [0, 0.05) is 11.0 Å². The second-order valence-electron chi connectivity index (χ2n) is 11.2. The van der Waals surface area contributed by atoms with Gasteiger partial charge in [0.15, 0.2) is 6.10 Å². The number of aliphatic hydroxyl groups excluding tert-OH is 1. The largest absolute Gasteiger partial charge is 0.378 e. The summed E-state index contributed by atoms with van der Waals surface area (Å²) in [6.45, 7) is 0.635. The van der Waals surface area contributed by atoms with Crippen molar-refractivity contribution in [2.24, 2.45) is 0 Å². The van der Waals surface area contributed by atoms with Crippen molar-refractivity contribution in [3.63, 3.8) is 0 Å². The highest BCUT2D eigenvalue weighted by Gasteiger charge is 2.49. The second kappa shape index (κ2) is 10.4. The molecular formula is C31H34BrN3O3. The number of aryl methyl sites for hydroxylation is 1. The lowest BCUT2D eigenvalue weighted by molar-refractivity contribution is -0.141. The third-order valence-corrected chi connectivity index (χ3v) is 9.21. The first kappa shape index (κ1) is 25.5. The van der Waals surface area contributed by atoms with Gasteiger partial charge in [0.05, 0.1) is 23.2 Å². The van der Waals surface area contributed by atoms with Gasteiger partial charge in [0.25, 0.3) is 11.5 Å². The van der Waals surface area contributed by atoms with E-state index in [1.807, 2.05) is 6.07 Å². The molecular weight excluding hydrogens is 542 g/mol. The monoisotopic (exact) mass is 575 g/mol. The van der Waals surface area contributed by atoms with E-state index < -0.39 is 12.0 Å². The maximum absolute atomic E-state index is 13.4. The summed E-state index contributed by atoms with van der Waals surface area (Å²) < 4.78 is 0.800. The van der Waals surface area contributed by atoms with Gasteiger partial charge in [0.1, 0.15) is 5.82 Å². The molecule has 0 spiro atoms. The maximum Gasteiger partial charge on any atom is 0.256 e. The van der Waals surface area contributed by atoms with Gasteiger partial charge in [-0.25, -0.2) is 4.98 Å². The fraction of sp³-hybridized carbons (Fsp3) is 0.452. The highest BCUT2D eigenvalue weighted by atomic mass is 79.9. The number of aromatic amines is 1. The Balaban J connectivity index is 1.26. The molecule has 0 bridgehead atoms. The fourth-order valence-electron chi connectivity index (χ4n) is 6.34. The van der Waals surface area contributed by atoms with E-state index >= 15 is 0 Å². The predicted molar refractivity (Wildman–Crippen MR) is 150 cm³/mol. The zero-order valence-corrected chi connectivity index (χ0v) is 23.2. The summed E-state index contributed by atoms with van der Waals surface area (Å²) in [6, 6.07) is 16.1. The van der Waals surface area contributed by atoms with E-state index in [9.17, 15) is 14.7 Å². The Hall–Kier alpha value is -2.77. The topological polar surface area (TPSA) is 86.3 Å². The molecule has 1 aromatic heterocycles. The first-order valence-corrected chi connectivity index (χ1v) is 14.7. The number of nitrogens with one attached hydrogen (secondary N) is 1. The van der Waals surface area contributed by atoms with E-state index in [0.717, 1.165) is 28.8 Å². The highest BCUT2D eigenvalue weighted by Crippen LogP contribution is 2.52. The summed E-state index contributed by atoms with van der Waals surface area (Å²) in [5.41, 5.74) is 4.13. The second-order valence-corrected chi connectivity index (χ2v) is 12.1. The van der Waals surface area contributed by atoms with Crippen molar-refractivity contribution in [3.05, 3.63) is 97.1 Å². The summed E-state index contributed by atoms with van der Waals surface area (Å²) in [4.78, 5) is 36.3. The molecule has 2 aliphatic carbocycles. The molecule has 2 heterocycles. The van der Waals surface area contributed by atoms with Gasteiger partial charge in [0.2, 0.25) is 0 Å². The minimum atomic E-state index is -1.27. The van der Waals surface area contributed by atoms with E-state index in [2.05, 4.69) is 45.2 Å². The van der Waals surface area contributed by atoms with E-state index in [-0.39, 0.29) is 17.5 Å². The molecule has 2 aromatic carbocycles. The van der Waals surface area contributed by atoms with Gasteiger partial charge in [-0.2, -0.15) is 0 Å². The molecule has 3 aromatic rings. The molecule has 7 heteroatoms. The smallest absolute Gasteiger partial charge is 0.256 e. The number of carbonyl (C=O) groups excluding carboxylic acids is 1. The van der Waals surface area contributed by atoms with Gasteiger partial charge in [-0.1, -0.05) is 71.6 Å². The number of benzene rings is 2. The minimum Gasteiger partial charge on any atom is -0.378 e. The minimum absolute atomic E-state index is 0.159. The summed E-state index contributed by atoms with van der Waals surface area (Å²) in [6.07, 6.45) is 8.49. The van der Waals surface area contributed by atoms with Crippen LogP contribution in [0, 0.1) is 0 Å². The average Bonchev–Trinajstić information content (AvgIpc) is 3.77. The van der Waals surface area contributed by atoms with Gasteiger partial charge >= 0.3 is 0 Å². The maximum atomic E-state index is 13.4. The molecule has 2 N–H and O–H groups in total. The predicted octanol–water partition coefficient (Wildman–Crippen LogP) is 5.67. The van der Waals surface area contributed by atoms with Crippen LogP contribution in [0.2, 0.25) is 0 Å². The Morgan fingerprint density at radius 2 is 1.87 bits per heavy atom. The zero-order valence-electron chi connectivity index (χ0n) is 21.6. The van der Waals surface area contributed by atoms with Crippen LogP contribution in [0.5, 0.6) is 0 Å². The first-order chi connectivity index (χ1) is 18.4. The highest BCUT2D eigenvalue weighted by molar-refractivity contribution is 9.10. The summed E-state index contributed by atoms with van der Waals surface area (Å²) in [5, 5.41) is 10.8. The molecule has 2 saturated carbocycles. The van der Waals surface area contributed by atoms with Crippen molar-refractivity contribution < 1.29 is 9.90 Å². The summed E-state index contributed by atoms with van der Waals surface area (Å²) in [7, 11) is 0. The number of aromatic nitrogens is 2.